The van der Waals surface area contributed by atoms with Gasteiger partial charge in [-0.3, -0.25) is 0 Å². The van der Waals surface area contributed by atoms with E-state index in [2.05, 4.69) is 20.8 Å². The maximum Gasteiger partial charge on any atom is 0.344 e. The van der Waals surface area contributed by atoms with Gasteiger partial charge in [0.05, 0.1) is 5.56 Å². The summed E-state index contributed by atoms with van der Waals surface area (Å²) in [5.41, 5.74) is 4.01. The third-order valence-electron chi connectivity index (χ3n) is 4.17. The molecule has 0 amide bonds. The highest BCUT2D eigenvalue weighted by Crippen LogP contribution is 2.37. The van der Waals surface area contributed by atoms with Crippen molar-refractivity contribution in [1.82, 2.24) is 0 Å². The van der Waals surface area contributed by atoms with E-state index in [0.717, 1.165) is 28.0 Å². The molecule has 0 unspecified atom stereocenters. The minimum absolute atomic E-state index is 0.234. The van der Waals surface area contributed by atoms with E-state index in [-0.39, 0.29) is 11.0 Å². The first-order valence-corrected chi connectivity index (χ1v) is 8.18. The van der Waals surface area contributed by atoms with E-state index < -0.39 is 0 Å². The van der Waals surface area contributed by atoms with E-state index >= 15 is 0 Å². The Hall–Kier alpha value is -2.61. The maximum absolute atomic E-state index is 12.9. The molecule has 0 spiro atoms. The van der Waals surface area contributed by atoms with Gasteiger partial charge in [-0.05, 0) is 23.6 Å². The first kappa shape index (κ1) is 16.3. The molecule has 0 aliphatic rings. The lowest BCUT2D eigenvalue weighted by atomic mass is 9.84. The lowest BCUT2D eigenvalue weighted by molar-refractivity contribution is 0.375. The zero-order valence-corrected chi connectivity index (χ0v) is 14.6. The number of benzene rings is 2. The lowest BCUT2D eigenvalue weighted by Crippen LogP contribution is -2.19. The van der Waals surface area contributed by atoms with Gasteiger partial charge in [0.25, 0.3) is 0 Å². The van der Waals surface area contributed by atoms with Gasteiger partial charge in [0.2, 0.25) is 0 Å². The Bertz CT molecular complexity index is 898. The van der Waals surface area contributed by atoms with Crippen LogP contribution >= 0.6 is 0 Å². The van der Waals surface area contributed by atoms with Gasteiger partial charge >= 0.3 is 5.63 Å². The van der Waals surface area contributed by atoms with Crippen LogP contribution in [0.3, 0.4) is 0 Å². The van der Waals surface area contributed by atoms with E-state index in [4.69, 9.17) is 4.42 Å². The first-order valence-electron chi connectivity index (χ1n) is 8.18. The third-order valence-corrected chi connectivity index (χ3v) is 4.17. The van der Waals surface area contributed by atoms with E-state index in [1.165, 1.54) is 0 Å². The van der Waals surface area contributed by atoms with Crippen molar-refractivity contribution in [3.8, 4) is 22.3 Å². The van der Waals surface area contributed by atoms with Crippen LogP contribution in [-0.4, -0.2) is 0 Å². The molecular formula is C22H22O2. The molecule has 1 aromatic heterocycles. The molecule has 3 rings (SSSR count). The molecule has 0 saturated heterocycles. The topological polar surface area (TPSA) is 30.2 Å². The van der Waals surface area contributed by atoms with Crippen LogP contribution in [0, 0.1) is 6.92 Å². The summed E-state index contributed by atoms with van der Waals surface area (Å²) in [6.07, 6.45) is 0. The minimum atomic E-state index is -0.282. The average Bonchev–Trinajstić information content (AvgIpc) is 2.57. The Morgan fingerprint density at radius 2 is 1.21 bits per heavy atom. The van der Waals surface area contributed by atoms with Crippen molar-refractivity contribution in [3.05, 3.63) is 82.4 Å². The summed E-state index contributed by atoms with van der Waals surface area (Å²) in [5, 5.41) is 0. The molecule has 2 aromatic carbocycles. The summed E-state index contributed by atoms with van der Waals surface area (Å²) in [4.78, 5) is 12.9. The largest absolute Gasteiger partial charge is 0.427 e. The van der Waals surface area contributed by atoms with Crippen LogP contribution in [0.5, 0.6) is 0 Å². The SMILES string of the molecule is Cc1c(C(C)(C)C)oc(=O)c(-c2ccccc2)c1-c1ccccc1. The van der Waals surface area contributed by atoms with Gasteiger partial charge in [0.1, 0.15) is 5.76 Å². The molecule has 122 valence electrons. The Labute approximate surface area is 142 Å². The fourth-order valence-corrected chi connectivity index (χ4v) is 3.17. The molecule has 0 saturated carbocycles. The fourth-order valence-electron chi connectivity index (χ4n) is 3.17. The van der Waals surface area contributed by atoms with Crippen molar-refractivity contribution in [2.24, 2.45) is 0 Å². The van der Waals surface area contributed by atoms with Crippen molar-refractivity contribution in [2.45, 2.75) is 33.1 Å². The lowest BCUT2D eigenvalue weighted by Gasteiger charge is -2.23. The van der Waals surface area contributed by atoms with E-state index in [9.17, 15) is 4.79 Å². The highest BCUT2D eigenvalue weighted by atomic mass is 16.4. The second kappa shape index (κ2) is 6.12. The molecule has 0 atom stereocenters. The summed E-state index contributed by atoms with van der Waals surface area (Å²) >= 11 is 0. The summed E-state index contributed by atoms with van der Waals surface area (Å²) in [6.45, 7) is 8.23. The van der Waals surface area contributed by atoms with Crippen LogP contribution in [0.1, 0.15) is 32.1 Å². The summed E-state index contributed by atoms with van der Waals surface area (Å²) in [7, 11) is 0. The first-order chi connectivity index (χ1) is 11.4. The average molecular weight is 318 g/mol. The molecule has 0 radical (unpaired) electrons. The molecule has 1 heterocycles. The molecule has 0 fully saturated rings. The van der Waals surface area contributed by atoms with Crippen LogP contribution in [0.2, 0.25) is 0 Å². The number of rotatable bonds is 2. The standard InChI is InChI=1S/C22H22O2/c1-15-18(16-11-7-5-8-12-16)19(17-13-9-6-10-14-17)21(23)24-20(15)22(2,3)4/h5-14H,1-4H3. The van der Waals surface area contributed by atoms with Gasteiger partial charge in [0, 0.05) is 11.0 Å². The molecular weight excluding hydrogens is 296 g/mol. The maximum atomic E-state index is 12.9. The zero-order valence-electron chi connectivity index (χ0n) is 14.6. The highest BCUT2D eigenvalue weighted by Gasteiger charge is 2.26. The quantitative estimate of drug-likeness (QED) is 0.617. The second-order valence-corrected chi connectivity index (χ2v) is 7.08. The normalized spacial score (nSPS) is 11.5. The monoisotopic (exact) mass is 318 g/mol. The Balaban J connectivity index is 2.42. The van der Waals surface area contributed by atoms with Gasteiger partial charge in [-0.15, -0.1) is 0 Å². The van der Waals surface area contributed by atoms with Crippen LogP contribution in [-0.2, 0) is 5.41 Å². The van der Waals surface area contributed by atoms with E-state index in [1.54, 1.807) is 0 Å². The van der Waals surface area contributed by atoms with Gasteiger partial charge < -0.3 is 4.42 Å². The van der Waals surface area contributed by atoms with Gasteiger partial charge in [-0.25, -0.2) is 4.79 Å². The van der Waals surface area contributed by atoms with Crippen LogP contribution in [0.4, 0.5) is 0 Å². The van der Waals surface area contributed by atoms with Crippen molar-refractivity contribution in [3.63, 3.8) is 0 Å². The van der Waals surface area contributed by atoms with Crippen LogP contribution < -0.4 is 5.63 Å². The van der Waals surface area contributed by atoms with E-state index in [1.807, 2.05) is 67.6 Å². The molecule has 0 bridgehead atoms. The smallest absolute Gasteiger partial charge is 0.344 e. The molecule has 0 N–H and O–H groups in total. The van der Waals surface area contributed by atoms with Crippen molar-refractivity contribution in [2.75, 3.05) is 0 Å². The van der Waals surface area contributed by atoms with Gasteiger partial charge in [-0.1, -0.05) is 81.4 Å². The predicted molar refractivity (Wildman–Crippen MR) is 99.3 cm³/mol. The predicted octanol–water partition coefficient (Wildman–Crippen LogP) is 5.58. The summed E-state index contributed by atoms with van der Waals surface area (Å²) < 4.78 is 5.76. The van der Waals surface area contributed by atoms with Gasteiger partial charge in [-0.2, -0.15) is 0 Å². The molecule has 0 aliphatic heterocycles. The Morgan fingerprint density at radius 1 is 0.750 bits per heavy atom. The number of hydrogen-bond donors (Lipinski definition) is 0. The van der Waals surface area contributed by atoms with Crippen molar-refractivity contribution < 1.29 is 4.42 Å². The van der Waals surface area contributed by atoms with Gasteiger partial charge in [0.15, 0.2) is 0 Å². The molecule has 2 heteroatoms. The highest BCUT2D eigenvalue weighted by molar-refractivity contribution is 5.85. The summed E-state index contributed by atoms with van der Waals surface area (Å²) in [5.74, 6) is 0.742. The van der Waals surface area contributed by atoms with Crippen molar-refractivity contribution >= 4 is 0 Å². The Kier molecular flexibility index (Phi) is 4.15. The van der Waals surface area contributed by atoms with E-state index in [0.29, 0.717) is 5.56 Å². The van der Waals surface area contributed by atoms with Crippen molar-refractivity contribution in [1.29, 1.82) is 0 Å². The van der Waals surface area contributed by atoms with Crippen LogP contribution in [0.25, 0.3) is 22.3 Å². The Morgan fingerprint density at radius 3 is 1.67 bits per heavy atom. The zero-order chi connectivity index (χ0) is 17.3. The summed E-state index contributed by atoms with van der Waals surface area (Å²) in [6, 6.07) is 19.8. The van der Waals surface area contributed by atoms with Crippen LogP contribution in [0.15, 0.2) is 69.9 Å². The molecule has 24 heavy (non-hydrogen) atoms. The molecule has 2 nitrogen and oxygen atoms in total. The third kappa shape index (κ3) is 2.92. The molecule has 3 aromatic rings. The minimum Gasteiger partial charge on any atom is -0.427 e. The second-order valence-electron chi connectivity index (χ2n) is 7.08. The molecule has 0 aliphatic carbocycles. The fraction of sp³-hybridized carbons (Fsp3) is 0.227. The number of hydrogen-bond acceptors (Lipinski definition) is 2.